The van der Waals surface area contributed by atoms with Gasteiger partial charge < -0.3 is 30.1 Å². The van der Waals surface area contributed by atoms with Crippen LogP contribution in [0.5, 0.6) is 11.5 Å². The molecule has 0 spiro atoms. The molecule has 0 aliphatic carbocycles. The van der Waals surface area contributed by atoms with Crippen LogP contribution in [0.2, 0.25) is 0 Å². The number of anilines is 2. The molecule has 0 saturated carbocycles. The second-order valence-electron chi connectivity index (χ2n) is 12.4. The minimum atomic E-state index is -3.92. The van der Waals surface area contributed by atoms with Crippen LogP contribution in [0.4, 0.5) is 16.2 Å². The number of sulfonamides is 1. The number of likely N-dealkylation sites (tertiary alicyclic amines) is 1. The third-order valence-electron chi connectivity index (χ3n) is 8.47. The van der Waals surface area contributed by atoms with Crippen molar-refractivity contribution in [3.63, 3.8) is 0 Å². The van der Waals surface area contributed by atoms with Crippen LogP contribution in [0.1, 0.15) is 39.0 Å². The van der Waals surface area contributed by atoms with E-state index in [2.05, 4.69) is 31.3 Å². The molecule has 0 radical (unpaired) electrons. The third-order valence-corrected chi connectivity index (χ3v) is 11.0. The van der Waals surface area contributed by atoms with Gasteiger partial charge in [0.2, 0.25) is 15.9 Å². The van der Waals surface area contributed by atoms with Crippen molar-refractivity contribution in [2.75, 3.05) is 30.9 Å². The number of urea groups is 1. The van der Waals surface area contributed by atoms with Crippen LogP contribution in [0.15, 0.2) is 88.2 Å². The Labute approximate surface area is 305 Å². The average Bonchev–Trinajstić information content (AvgIpc) is 3.46. The van der Waals surface area contributed by atoms with Gasteiger partial charge >= 0.3 is 12.0 Å². The zero-order chi connectivity index (χ0) is 36.9. The van der Waals surface area contributed by atoms with Crippen molar-refractivity contribution in [2.24, 2.45) is 0 Å². The van der Waals surface area contributed by atoms with E-state index in [1.807, 2.05) is 25.1 Å². The van der Waals surface area contributed by atoms with Crippen LogP contribution >= 0.6 is 15.9 Å². The summed E-state index contributed by atoms with van der Waals surface area (Å²) in [7, 11) is -2.46. The number of amides is 3. The molecule has 4 aromatic rings. The van der Waals surface area contributed by atoms with E-state index in [9.17, 15) is 27.9 Å². The summed E-state index contributed by atoms with van der Waals surface area (Å²) < 4.78 is 42.3. The van der Waals surface area contributed by atoms with Crippen LogP contribution in [0.3, 0.4) is 0 Å². The van der Waals surface area contributed by atoms with E-state index in [0.717, 1.165) is 10.0 Å². The van der Waals surface area contributed by atoms with Gasteiger partial charge in [-0.15, -0.1) is 0 Å². The summed E-state index contributed by atoms with van der Waals surface area (Å²) in [4.78, 5) is 39.7. The first-order valence-corrected chi connectivity index (χ1v) is 18.4. The summed E-state index contributed by atoms with van der Waals surface area (Å²) in [5.74, 6) is -0.557. The van der Waals surface area contributed by atoms with Crippen LogP contribution in [-0.2, 0) is 21.2 Å². The van der Waals surface area contributed by atoms with Gasteiger partial charge in [0.1, 0.15) is 18.1 Å². The molecule has 3 amide bonds. The molecule has 0 aromatic heterocycles. The molecule has 1 heterocycles. The van der Waals surface area contributed by atoms with Crippen LogP contribution < -0.4 is 24.8 Å². The highest BCUT2D eigenvalue weighted by Crippen LogP contribution is 2.29. The number of rotatable bonds is 12. The number of halogens is 1. The van der Waals surface area contributed by atoms with Crippen LogP contribution in [0, 0.1) is 20.8 Å². The number of nitrogens with one attached hydrogen (secondary N) is 3. The van der Waals surface area contributed by atoms with Gasteiger partial charge in [0.15, 0.2) is 0 Å². The second-order valence-corrected chi connectivity index (χ2v) is 14.9. The van der Waals surface area contributed by atoms with Gasteiger partial charge in [-0.3, -0.25) is 4.79 Å². The molecule has 1 aliphatic heterocycles. The number of hydrogen-bond donors (Lipinski definition) is 4. The molecule has 4 aromatic carbocycles. The van der Waals surface area contributed by atoms with Gasteiger partial charge in [-0.2, -0.15) is 0 Å². The number of carbonyl (C=O) groups is 3. The number of methoxy groups -OCH3 is 1. The number of carbonyl (C=O) groups excluding carboxylic acids is 2. The minimum Gasteiger partial charge on any atom is -0.495 e. The van der Waals surface area contributed by atoms with E-state index in [1.54, 1.807) is 55.1 Å². The summed E-state index contributed by atoms with van der Waals surface area (Å²) in [6, 6.07) is 20.2. The Bertz CT molecular complexity index is 2030. The van der Waals surface area contributed by atoms with Crippen LogP contribution in [0.25, 0.3) is 0 Å². The molecule has 268 valence electrons. The summed E-state index contributed by atoms with van der Waals surface area (Å²) in [6.07, 6.45) is 0.264. The van der Waals surface area contributed by atoms with Gasteiger partial charge in [-0.1, -0.05) is 35.9 Å². The SMILES string of the molecule is COc1cc(CC(=O)N2CC(NS(=O)(=O)c3c(C)cc(C)cc3C)C[C@H]2COc2ccc(C(=O)O)cc2)ccc1NC(=O)Nc1ccccc1Br. The van der Waals surface area contributed by atoms with Crippen molar-refractivity contribution in [3.05, 3.63) is 111 Å². The Kier molecular flexibility index (Phi) is 11.7. The number of carboxylic acid groups (broad SMARTS) is 1. The zero-order valence-electron chi connectivity index (χ0n) is 28.5. The highest BCUT2D eigenvalue weighted by molar-refractivity contribution is 9.10. The maximum absolute atomic E-state index is 13.9. The second kappa shape index (κ2) is 16.0. The zero-order valence-corrected chi connectivity index (χ0v) is 30.9. The predicted molar refractivity (Wildman–Crippen MR) is 197 cm³/mol. The molecule has 0 bridgehead atoms. The highest BCUT2D eigenvalue weighted by Gasteiger charge is 2.38. The first-order chi connectivity index (χ1) is 24.2. The van der Waals surface area contributed by atoms with Crippen molar-refractivity contribution in [1.82, 2.24) is 9.62 Å². The maximum Gasteiger partial charge on any atom is 0.335 e. The topological polar surface area (TPSA) is 163 Å². The fourth-order valence-corrected chi connectivity index (χ4v) is 8.36. The fraction of sp³-hybridized carbons (Fsp3) is 0.270. The number of benzene rings is 4. The normalized spacial score (nSPS) is 15.7. The van der Waals surface area contributed by atoms with Gasteiger partial charge in [0, 0.05) is 17.1 Å². The molecule has 51 heavy (non-hydrogen) atoms. The van der Waals surface area contributed by atoms with E-state index < -0.39 is 34.1 Å². The monoisotopic (exact) mass is 778 g/mol. The van der Waals surface area contributed by atoms with Crippen molar-refractivity contribution in [1.29, 1.82) is 0 Å². The average molecular weight is 780 g/mol. The first kappa shape index (κ1) is 37.3. The minimum absolute atomic E-state index is 0.0285. The summed E-state index contributed by atoms with van der Waals surface area (Å²) in [6.45, 7) is 5.59. The molecule has 5 rings (SSSR count). The molecule has 1 saturated heterocycles. The Morgan fingerprint density at radius 1 is 0.922 bits per heavy atom. The number of aromatic carboxylic acids is 1. The third kappa shape index (κ3) is 9.25. The largest absolute Gasteiger partial charge is 0.495 e. The molecule has 1 fully saturated rings. The van der Waals surface area contributed by atoms with E-state index >= 15 is 0 Å². The number of ether oxygens (including phenoxy) is 2. The fourth-order valence-electron chi connectivity index (χ4n) is 6.28. The Morgan fingerprint density at radius 3 is 2.24 bits per heavy atom. The lowest BCUT2D eigenvalue weighted by Gasteiger charge is -2.25. The van der Waals surface area contributed by atoms with E-state index in [-0.39, 0.29) is 35.9 Å². The summed E-state index contributed by atoms with van der Waals surface area (Å²) in [5, 5.41) is 14.8. The van der Waals surface area contributed by atoms with Crippen molar-refractivity contribution >= 4 is 55.2 Å². The highest BCUT2D eigenvalue weighted by atomic mass is 79.9. The quantitative estimate of drug-likeness (QED) is 0.130. The predicted octanol–water partition coefficient (Wildman–Crippen LogP) is 6.29. The molecular formula is C37H39BrN4O8S. The Hall–Kier alpha value is -4.92. The number of aryl methyl sites for hydroxylation is 3. The molecule has 1 unspecified atom stereocenters. The number of hydrogen-bond acceptors (Lipinski definition) is 7. The summed E-state index contributed by atoms with van der Waals surface area (Å²) >= 11 is 3.40. The number of carboxylic acids is 1. The van der Waals surface area contributed by atoms with Crippen molar-refractivity contribution in [3.8, 4) is 11.5 Å². The maximum atomic E-state index is 13.9. The van der Waals surface area contributed by atoms with E-state index in [1.165, 1.54) is 31.4 Å². The van der Waals surface area contributed by atoms with Crippen LogP contribution in [-0.4, -0.2) is 68.7 Å². The van der Waals surface area contributed by atoms with Crippen molar-refractivity contribution < 1.29 is 37.4 Å². The molecule has 12 nitrogen and oxygen atoms in total. The van der Waals surface area contributed by atoms with Gasteiger partial charge in [-0.25, -0.2) is 22.7 Å². The van der Waals surface area contributed by atoms with Crippen molar-refractivity contribution in [2.45, 2.75) is 50.6 Å². The van der Waals surface area contributed by atoms with Gasteiger partial charge in [0.25, 0.3) is 0 Å². The lowest BCUT2D eigenvalue weighted by atomic mass is 10.1. The molecule has 1 aliphatic rings. The Balaban J connectivity index is 1.32. The standard InChI is InChI=1S/C37H39BrN4O8S/c1-22-15-23(2)35(24(3)16-22)51(47,48)41-27-19-28(21-50-29-12-10-26(11-13-29)36(44)45)42(20-27)34(43)18-25-9-14-32(33(17-25)49-4)40-37(46)39-31-8-6-5-7-30(31)38/h5-17,27-28,41H,18-21H2,1-4H3,(H,44,45)(H2,39,40,46)/t27?,28-/m0/s1. The van der Waals surface area contributed by atoms with E-state index in [4.69, 9.17) is 9.47 Å². The lowest BCUT2D eigenvalue weighted by Crippen LogP contribution is -2.41. The molecule has 2 atom stereocenters. The van der Waals surface area contributed by atoms with Gasteiger partial charge in [0.05, 0.1) is 41.4 Å². The molecular weight excluding hydrogens is 740 g/mol. The summed E-state index contributed by atoms with van der Waals surface area (Å²) in [5.41, 5.74) is 3.93. The number of para-hydroxylation sites is 1. The van der Waals surface area contributed by atoms with Gasteiger partial charge in [-0.05, 0) is 108 Å². The first-order valence-electron chi connectivity index (χ1n) is 16.1. The van der Waals surface area contributed by atoms with E-state index in [0.29, 0.717) is 46.0 Å². The lowest BCUT2D eigenvalue weighted by molar-refractivity contribution is -0.131. The number of nitrogens with zero attached hydrogens (tertiary/aromatic N) is 1. The smallest absolute Gasteiger partial charge is 0.335 e. The molecule has 14 heteroatoms. The Morgan fingerprint density at radius 2 is 1.59 bits per heavy atom. The molecule has 4 N–H and O–H groups in total.